The average molecular weight is 367 g/mol. The Morgan fingerprint density at radius 3 is 2.62 bits per heavy atom. The molecule has 0 aromatic carbocycles. The summed E-state index contributed by atoms with van der Waals surface area (Å²) < 4.78 is 45.3. The summed E-state index contributed by atoms with van der Waals surface area (Å²) in [6, 6.07) is 3.59. The number of piperidine rings is 1. The number of alkyl halides is 3. The summed E-state index contributed by atoms with van der Waals surface area (Å²) in [5.74, 6) is 0.268. The molecule has 0 saturated carbocycles. The number of anilines is 1. The fourth-order valence-electron chi connectivity index (χ4n) is 2.35. The summed E-state index contributed by atoms with van der Waals surface area (Å²) in [5.41, 5.74) is 0. The number of carbonyl (C=O) groups excluding carboxylic acids is 1. The van der Waals surface area contributed by atoms with Gasteiger partial charge in [-0.25, -0.2) is 4.98 Å². The van der Waals surface area contributed by atoms with Crippen LogP contribution in [-0.4, -0.2) is 49.5 Å². The van der Waals surface area contributed by atoms with Crippen molar-refractivity contribution < 1.29 is 27.4 Å². The van der Waals surface area contributed by atoms with E-state index in [1.54, 1.807) is 12.3 Å². The lowest BCUT2D eigenvalue weighted by Crippen LogP contribution is -2.38. The summed E-state index contributed by atoms with van der Waals surface area (Å²) in [7, 11) is 0. The molecule has 5 nitrogen and oxygen atoms in total. The van der Waals surface area contributed by atoms with Crippen molar-refractivity contribution >= 4 is 23.4 Å². The Labute approximate surface area is 142 Å². The number of nitrogens with zero attached hydrogens (tertiary/aromatic N) is 2. The maximum atomic E-state index is 11.9. The van der Waals surface area contributed by atoms with Crippen LogP contribution >= 0.6 is 11.6 Å². The Kier molecular flexibility index (Phi) is 6.68. The maximum absolute atomic E-state index is 11.9. The van der Waals surface area contributed by atoms with Crippen molar-refractivity contribution in [3.05, 3.63) is 23.4 Å². The number of aromatic nitrogens is 1. The van der Waals surface area contributed by atoms with Gasteiger partial charge < -0.3 is 14.4 Å². The van der Waals surface area contributed by atoms with E-state index in [2.05, 4.69) is 14.6 Å². The standard InChI is InChI=1S/C15H18ClF3N2O3/c16-11-1-2-13(20-9-11)21-6-3-12(4-7-21)24-14(22)5-8-23-10-15(17,18)19/h1-2,9,12H,3-8,10H2. The minimum atomic E-state index is -4.38. The monoisotopic (exact) mass is 366 g/mol. The summed E-state index contributed by atoms with van der Waals surface area (Å²) in [5, 5.41) is 0.565. The van der Waals surface area contributed by atoms with Crippen LogP contribution in [0.4, 0.5) is 19.0 Å². The molecule has 0 amide bonds. The number of esters is 1. The smallest absolute Gasteiger partial charge is 0.411 e. The molecular formula is C15H18ClF3N2O3. The first-order valence-corrected chi connectivity index (χ1v) is 7.92. The Hall–Kier alpha value is -1.54. The largest absolute Gasteiger partial charge is 0.462 e. The summed E-state index contributed by atoms with van der Waals surface area (Å²) in [6.45, 7) is -0.299. The summed E-state index contributed by atoms with van der Waals surface area (Å²) in [6.07, 6.45) is -1.95. The van der Waals surface area contributed by atoms with Gasteiger partial charge in [0.2, 0.25) is 0 Å². The highest BCUT2D eigenvalue weighted by molar-refractivity contribution is 6.30. The molecule has 0 spiro atoms. The lowest BCUT2D eigenvalue weighted by atomic mass is 10.1. The predicted octanol–water partition coefficient (Wildman–Crippen LogP) is 3.22. The third-order valence-electron chi connectivity index (χ3n) is 3.49. The molecule has 134 valence electrons. The van der Waals surface area contributed by atoms with Crippen LogP contribution in [0.25, 0.3) is 0 Å². The van der Waals surface area contributed by atoms with Gasteiger partial charge in [-0.2, -0.15) is 13.2 Å². The third-order valence-corrected chi connectivity index (χ3v) is 3.72. The molecule has 1 aliphatic heterocycles. The van der Waals surface area contributed by atoms with Crippen LogP contribution in [0.5, 0.6) is 0 Å². The molecule has 1 aromatic heterocycles. The average Bonchev–Trinajstić information content (AvgIpc) is 2.52. The topological polar surface area (TPSA) is 51.7 Å². The van der Waals surface area contributed by atoms with E-state index >= 15 is 0 Å². The Balaban J connectivity index is 1.65. The molecule has 0 aliphatic carbocycles. The summed E-state index contributed by atoms with van der Waals surface area (Å²) >= 11 is 5.80. The van der Waals surface area contributed by atoms with Gasteiger partial charge in [-0.1, -0.05) is 11.6 Å². The van der Waals surface area contributed by atoms with Crippen LogP contribution in [0.1, 0.15) is 19.3 Å². The fraction of sp³-hybridized carbons (Fsp3) is 0.600. The molecule has 0 N–H and O–H groups in total. The van der Waals surface area contributed by atoms with Gasteiger partial charge >= 0.3 is 12.1 Å². The van der Waals surface area contributed by atoms with Crippen molar-refractivity contribution in [1.29, 1.82) is 0 Å². The number of hydrogen-bond acceptors (Lipinski definition) is 5. The number of ether oxygens (including phenoxy) is 2. The van der Waals surface area contributed by atoms with Crippen LogP contribution < -0.4 is 4.90 Å². The van der Waals surface area contributed by atoms with Gasteiger partial charge in [-0.3, -0.25) is 4.79 Å². The van der Waals surface area contributed by atoms with Crippen LogP contribution in [0.3, 0.4) is 0 Å². The number of hydrogen-bond donors (Lipinski definition) is 0. The Morgan fingerprint density at radius 1 is 1.33 bits per heavy atom. The molecule has 1 aliphatic rings. The van der Waals surface area contributed by atoms with Crippen molar-refractivity contribution in [2.45, 2.75) is 31.5 Å². The molecule has 0 bridgehead atoms. The molecule has 0 radical (unpaired) electrons. The number of rotatable bonds is 6. The van der Waals surface area contributed by atoms with Gasteiger partial charge in [-0.15, -0.1) is 0 Å². The Morgan fingerprint density at radius 2 is 2.04 bits per heavy atom. The molecule has 0 unspecified atom stereocenters. The van der Waals surface area contributed by atoms with E-state index in [9.17, 15) is 18.0 Å². The molecule has 1 fully saturated rings. The number of pyridine rings is 1. The SMILES string of the molecule is O=C(CCOCC(F)(F)F)OC1CCN(c2ccc(Cl)cn2)CC1. The van der Waals surface area contributed by atoms with Crippen molar-refractivity contribution in [2.75, 3.05) is 31.2 Å². The lowest BCUT2D eigenvalue weighted by Gasteiger charge is -2.32. The van der Waals surface area contributed by atoms with Crippen molar-refractivity contribution in [3.8, 4) is 0 Å². The highest BCUT2D eigenvalue weighted by Gasteiger charge is 2.27. The normalized spacial score (nSPS) is 16.2. The predicted molar refractivity (Wildman–Crippen MR) is 82.1 cm³/mol. The Bertz CT molecular complexity index is 532. The zero-order chi connectivity index (χ0) is 17.6. The van der Waals surface area contributed by atoms with E-state index in [0.29, 0.717) is 31.0 Å². The van der Waals surface area contributed by atoms with Gasteiger partial charge in [0.1, 0.15) is 18.5 Å². The van der Waals surface area contributed by atoms with E-state index in [0.717, 1.165) is 5.82 Å². The molecule has 0 atom stereocenters. The molecule has 1 aromatic rings. The second-order valence-corrected chi connectivity index (χ2v) is 5.87. The first-order valence-electron chi connectivity index (χ1n) is 7.54. The number of carbonyl (C=O) groups is 1. The van der Waals surface area contributed by atoms with Gasteiger partial charge in [-0.05, 0) is 12.1 Å². The van der Waals surface area contributed by atoms with Gasteiger partial charge in [0, 0.05) is 32.1 Å². The minimum Gasteiger partial charge on any atom is -0.462 e. The van der Waals surface area contributed by atoms with E-state index < -0.39 is 18.8 Å². The van der Waals surface area contributed by atoms with Crippen LogP contribution in [0.2, 0.25) is 5.02 Å². The zero-order valence-electron chi connectivity index (χ0n) is 12.9. The molecule has 1 saturated heterocycles. The lowest BCUT2D eigenvalue weighted by molar-refractivity contribution is -0.177. The van der Waals surface area contributed by atoms with Crippen molar-refractivity contribution in [2.24, 2.45) is 0 Å². The second kappa shape index (κ2) is 8.53. The zero-order valence-corrected chi connectivity index (χ0v) is 13.6. The summed E-state index contributed by atoms with van der Waals surface area (Å²) in [4.78, 5) is 17.9. The highest BCUT2D eigenvalue weighted by Crippen LogP contribution is 2.21. The van der Waals surface area contributed by atoms with Crippen LogP contribution in [-0.2, 0) is 14.3 Å². The fourth-order valence-corrected chi connectivity index (χ4v) is 2.46. The molecular weight excluding hydrogens is 349 g/mol. The quantitative estimate of drug-likeness (QED) is 0.571. The van der Waals surface area contributed by atoms with Crippen LogP contribution in [0, 0.1) is 0 Å². The highest BCUT2D eigenvalue weighted by atomic mass is 35.5. The van der Waals surface area contributed by atoms with Gasteiger partial charge in [0.25, 0.3) is 0 Å². The second-order valence-electron chi connectivity index (χ2n) is 5.43. The van der Waals surface area contributed by atoms with E-state index in [-0.39, 0.29) is 19.1 Å². The molecule has 9 heteroatoms. The maximum Gasteiger partial charge on any atom is 0.411 e. The third kappa shape index (κ3) is 6.52. The van der Waals surface area contributed by atoms with Gasteiger partial charge in [0.05, 0.1) is 18.1 Å². The van der Waals surface area contributed by atoms with E-state index in [4.69, 9.17) is 16.3 Å². The van der Waals surface area contributed by atoms with E-state index in [1.165, 1.54) is 0 Å². The first-order chi connectivity index (χ1) is 11.3. The van der Waals surface area contributed by atoms with Gasteiger partial charge in [0.15, 0.2) is 0 Å². The minimum absolute atomic E-state index is 0.185. The van der Waals surface area contributed by atoms with E-state index in [1.807, 2.05) is 6.07 Å². The van der Waals surface area contributed by atoms with Crippen molar-refractivity contribution in [3.63, 3.8) is 0 Å². The van der Waals surface area contributed by atoms with Crippen molar-refractivity contribution in [1.82, 2.24) is 4.98 Å². The first kappa shape index (κ1) is 18.8. The molecule has 2 rings (SSSR count). The molecule has 2 heterocycles. The van der Waals surface area contributed by atoms with Crippen LogP contribution in [0.15, 0.2) is 18.3 Å². The molecule has 24 heavy (non-hydrogen) atoms. The number of halogens is 4.